The molecule has 1 aliphatic rings. The van der Waals surface area contributed by atoms with E-state index in [1.165, 1.54) is 5.56 Å². The summed E-state index contributed by atoms with van der Waals surface area (Å²) in [5.74, 6) is 0.879. The molecule has 0 spiro atoms. The van der Waals surface area contributed by atoms with Crippen LogP contribution in [0, 0.1) is 18.3 Å². The molecular formula is C14H18N2O. The SMILES string of the molecule is Cc1ccc(OC2CCNCC2)c(CC#N)c1. The number of hydrogen-bond acceptors (Lipinski definition) is 3. The Balaban J connectivity index is 2.11. The highest BCUT2D eigenvalue weighted by atomic mass is 16.5. The molecule has 2 rings (SSSR count). The third kappa shape index (κ3) is 3.21. The van der Waals surface area contributed by atoms with Crippen molar-refractivity contribution in [3.8, 4) is 11.8 Å². The summed E-state index contributed by atoms with van der Waals surface area (Å²) in [6.07, 6.45) is 2.79. The Bertz CT molecular complexity index is 417. The highest BCUT2D eigenvalue weighted by Crippen LogP contribution is 2.23. The fraction of sp³-hybridized carbons (Fsp3) is 0.500. The topological polar surface area (TPSA) is 45.0 Å². The van der Waals surface area contributed by atoms with Crippen LogP contribution >= 0.6 is 0 Å². The minimum Gasteiger partial charge on any atom is -0.490 e. The molecule has 1 saturated heterocycles. The van der Waals surface area contributed by atoms with E-state index in [2.05, 4.69) is 11.4 Å². The van der Waals surface area contributed by atoms with E-state index in [0.29, 0.717) is 6.42 Å². The van der Waals surface area contributed by atoms with E-state index in [0.717, 1.165) is 37.2 Å². The van der Waals surface area contributed by atoms with Crippen LogP contribution in [0.15, 0.2) is 18.2 Å². The lowest BCUT2D eigenvalue weighted by Crippen LogP contribution is -2.34. The van der Waals surface area contributed by atoms with Crippen LogP contribution in [0.5, 0.6) is 5.75 Å². The zero-order valence-electron chi connectivity index (χ0n) is 10.2. The summed E-state index contributed by atoms with van der Waals surface area (Å²) in [4.78, 5) is 0. The predicted octanol–water partition coefficient (Wildman–Crippen LogP) is 2.19. The van der Waals surface area contributed by atoms with Gasteiger partial charge in [0.05, 0.1) is 12.5 Å². The van der Waals surface area contributed by atoms with Gasteiger partial charge < -0.3 is 10.1 Å². The summed E-state index contributed by atoms with van der Waals surface area (Å²) < 4.78 is 6.00. The number of nitrogens with one attached hydrogen (secondary N) is 1. The van der Waals surface area contributed by atoms with Crippen LogP contribution in [0.2, 0.25) is 0 Å². The lowest BCUT2D eigenvalue weighted by Gasteiger charge is -2.24. The third-order valence-electron chi connectivity index (χ3n) is 3.07. The molecule has 1 N–H and O–H groups in total. The van der Waals surface area contributed by atoms with Crippen molar-refractivity contribution >= 4 is 0 Å². The van der Waals surface area contributed by atoms with Gasteiger partial charge in [-0.15, -0.1) is 0 Å². The van der Waals surface area contributed by atoms with Gasteiger partial charge in [0, 0.05) is 5.56 Å². The van der Waals surface area contributed by atoms with Gasteiger partial charge in [-0.3, -0.25) is 0 Å². The minimum absolute atomic E-state index is 0.288. The zero-order valence-corrected chi connectivity index (χ0v) is 10.2. The van der Waals surface area contributed by atoms with Gasteiger partial charge in [-0.1, -0.05) is 17.7 Å². The zero-order chi connectivity index (χ0) is 12.1. The molecule has 1 aromatic carbocycles. The first-order valence-corrected chi connectivity index (χ1v) is 6.13. The predicted molar refractivity (Wildman–Crippen MR) is 67.0 cm³/mol. The maximum atomic E-state index is 8.83. The Kier molecular flexibility index (Phi) is 4.00. The van der Waals surface area contributed by atoms with E-state index in [1.54, 1.807) is 0 Å². The molecular weight excluding hydrogens is 212 g/mol. The lowest BCUT2D eigenvalue weighted by molar-refractivity contribution is 0.161. The summed E-state index contributed by atoms with van der Waals surface area (Å²) in [6, 6.07) is 8.27. The highest BCUT2D eigenvalue weighted by molar-refractivity contribution is 5.38. The van der Waals surface area contributed by atoms with Gasteiger partial charge in [0.15, 0.2) is 0 Å². The van der Waals surface area contributed by atoms with Crippen LogP contribution < -0.4 is 10.1 Å². The van der Waals surface area contributed by atoms with E-state index < -0.39 is 0 Å². The molecule has 0 saturated carbocycles. The van der Waals surface area contributed by atoms with Crippen molar-refractivity contribution in [2.45, 2.75) is 32.3 Å². The van der Waals surface area contributed by atoms with Crippen LogP contribution in [-0.4, -0.2) is 19.2 Å². The van der Waals surface area contributed by atoms with Crippen molar-refractivity contribution in [3.05, 3.63) is 29.3 Å². The molecule has 0 unspecified atom stereocenters. The van der Waals surface area contributed by atoms with Gasteiger partial charge >= 0.3 is 0 Å². The van der Waals surface area contributed by atoms with Gasteiger partial charge in [0.25, 0.3) is 0 Å². The van der Waals surface area contributed by atoms with Crippen molar-refractivity contribution in [2.24, 2.45) is 0 Å². The monoisotopic (exact) mass is 230 g/mol. The van der Waals surface area contributed by atoms with Crippen LogP contribution in [-0.2, 0) is 6.42 Å². The second kappa shape index (κ2) is 5.70. The molecule has 0 aliphatic carbocycles. The summed E-state index contributed by atoms with van der Waals surface area (Å²) in [5.41, 5.74) is 2.18. The van der Waals surface area contributed by atoms with Gasteiger partial charge in [-0.25, -0.2) is 0 Å². The molecule has 3 heteroatoms. The number of piperidine rings is 1. The normalized spacial score (nSPS) is 16.5. The Morgan fingerprint density at radius 1 is 1.41 bits per heavy atom. The smallest absolute Gasteiger partial charge is 0.123 e. The van der Waals surface area contributed by atoms with Crippen LogP contribution in [0.1, 0.15) is 24.0 Å². The van der Waals surface area contributed by atoms with Crippen molar-refractivity contribution in [1.82, 2.24) is 5.32 Å². The Hall–Kier alpha value is -1.53. The molecule has 3 nitrogen and oxygen atoms in total. The molecule has 1 fully saturated rings. The molecule has 0 atom stereocenters. The van der Waals surface area contributed by atoms with Gasteiger partial charge in [0.2, 0.25) is 0 Å². The van der Waals surface area contributed by atoms with Crippen molar-refractivity contribution in [1.29, 1.82) is 5.26 Å². The summed E-state index contributed by atoms with van der Waals surface area (Å²) in [7, 11) is 0. The first-order chi connectivity index (χ1) is 8.29. The maximum Gasteiger partial charge on any atom is 0.123 e. The average Bonchev–Trinajstić information content (AvgIpc) is 2.34. The summed E-state index contributed by atoms with van der Waals surface area (Å²) in [6.45, 7) is 4.07. The molecule has 17 heavy (non-hydrogen) atoms. The largest absolute Gasteiger partial charge is 0.490 e. The van der Waals surface area contributed by atoms with Crippen molar-refractivity contribution in [3.63, 3.8) is 0 Å². The molecule has 0 amide bonds. The fourth-order valence-electron chi connectivity index (χ4n) is 2.14. The maximum absolute atomic E-state index is 8.83. The van der Waals surface area contributed by atoms with E-state index in [9.17, 15) is 0 Å². The Labute approximate surface area is 102 Å². The van der Waals surface area contributed by atoms with E-state index in [1.807, 2.05) is 25.1 Å². The summed E-state index contributed by atoms with van der Waals surface area (Å²) in [5, 5.41) is 12.1. The highest BCUT2D eigenvalue weighted by Gasteiger charge is 2.15. The number of nitrogens with zero attached hydrogens (tertiary/aromatic N) is 1. The Morgan fingerprint density at radius 3 is 2.88 bits per heavy atom. The standard InChI is InChI=1S/C14H18N2O/c1-11-2-3-14(12(10-11)4-7-15)17-13-5-8-16-9-6-13/h2-3,10,13,16H,4-6,8-9H2,1H3. The van der Waals surface area contributed by atoms with Crippen molar-refractivity contribution < 1.29 is 4.74 Å². The second-order valence-corrected chi connectivity index (χ2v) is 4.51. The molecule has 0 bridgehead atoms. The van der Waals surface area contributed by atoms with Gasteiger partial charge in [-0.05, 0) is 38.9 Å². The number of aryl methyl sites for hydroxylation is 1. The number of ether oxygens (including phenoxy) is 1. The Morgan fingerprint density at radius 2 is 2.18 bits per heavy atom. The molecule has 1 aromatic rings. The second-order valence-electron chi connectivity index (χ2n) is 4.51. The van der Waals surface area contributed by atoms with E-state index in [-0.39, 0.29) is 6.10 Å². The third-order valence-corrected chi connectivity index (χ3v) is 3.07. The first-order valence-electron chi connectivity index (χ1n) is 6.13. The molecule has 1 heterocycles. The number of benzene rings is 1. The molecule has 0 radical (unpaired) electrons. The summed E-state index contributed by atoms with van der Waals surface area (Å²) >= 11 is 0. The molecule has 90 valence electrons. The number of hydrogen-bond donors (Lipinski definition) is 1. The van der Waals surface area contributed by atoms with Gasteiger partial charge in [-0.2, -0.15) is 5.26 Å². The van der Waals surface area contributed by atoms with Crippen LogP contribution in [0.3, 0.4) is 0 Å². The van der Waals surface area contributed by atoms with Gasteiger partial charge in [0.1, 0.15) is 11.9 Å². The van der Waals surface area contributed by atoms with E-state index in [4.69, 9.17) is 10.00 Å². The quantitative estimate of drug-likeness (QED) is 0.865. The lowest BCUT2D eigenvalue weighted by atomic mass is 10.1. The average molecular weight is 230 g/mol. The van der Waals surface area contributed by atoms with Crippen molar-refractivity contribution in [2.75, 3.05) is 13.1 Å². The molecule has 0 aromatic heterocycles. The minimum atomic E-state index is 0.288. The number of nitriles is 1. The fourth-order valence-corrected chi connectivity index (χ4v) is 2.14. The first kappa shape index (κ1) is 11.9. The van der Waals surface area contributed by atoms with Crippen LogP contribution in [0.25, 0.3) is 0 Å². The van der Waals surface area contributed by atoms with E-state index >= 15 is 0 Å². The number of rotatable bonds is 3. The van der Waals surface area contributed by atoms with Crippen LogP contribution in [0.4, 0.5) is 0 Å². The molecule has 1 aliphatic heterocycles.